The lowest BCUT2D eigenvalue weighted by atomic mass is 10.1. The lowest BCUT2D eigenvalue weighted by Crippen LogP contribution is -2.34. The number of carbonyl (C=O) groups is 2. The minimum atomic E-state index is -0.842. The van der Waals surface area contributed by atoms with Crippen LogP contribution in [0.25, 0.3) is 0 Å². The smallest absolute Gasteiger partial charge is 0.255 e. The van der Waals surface area contributed by atoms with E-state index in [-0.39, 0.29) is 16.5 Å². The summed E-state index contributed by atoms with van der Waals surface area (Å²) >= 11 is 6.23. The van der Waals surface area contributed by atoms with E-state index in [1.807, 2.05) is 0 Å². The standard InChI is InChI=1S/C19H18ClF2N3O2/c20-17-11-15(24-18(26)12-8-13(21)10-14(22)9-12)2-3-16(17)19(27)25-6-1-4-23-5-7-25/h2-3,8-11,23H,1,4-7H2,(H,24,26). The van der Waals surface area contributed by atoms with Crippen LogP contribution in [0.2, 0.25) is 5.02 Å². The normalized spacial score (nSPS) is 14.6. The van der Waals surface area contributed by atoms with E-state index >= 15 is 0 Å². The highest BCUT2D eigenvalue weighted by Crippen LogP contribution is 2.23. The summed E-state index contributed by atoms with van der Waals surface area (Å²) in [5.74, 6) is -2.53. The van der Waals surface area contributed by atoms with Gasteiger partial charge in [0.2, 0.25) is 0 Å². The number of rotatable bonds is 3. The predicted molar refractivity (Wildman–Crippen MR) is 99.2 cm³/mol. The molecule has 1 aliphatic heterocycles. The fraction of sp³-hybridized carbons (Fsp3) is 0.263. The molecule has 8 heteroatoms. The van der Waals surface area contributed by atoms with Gasteiger partial charge in [0.1, 0.15) is 11.6 Å². The van der Waals surface area contributed by atoms with Crippen molar-refractivity contribution in [2.24, 2.45) is 0 Å². The highest BCUT2D eigenvalue weighted by Gasteiger charge is 2.20. The molecule has 0 unspecified atom stereocenters. The third-order valence-corrected chi connectivity index (χ3v) is 4.52. The number of amides is 2. The van der Waals surface area contributed by atoms with Crippen molar-refractivity contribution in [3.8, 4) is 0 Å². The summed E-state index contributed by atoms with van der Waals surface area (Å²) in [6.45, 7) is 2.83. The van der Waals surface area contributed by atoms with Crippen LogP contribution < -0.4 is 10.6 Å². The van der Waals surface area contributed by atoms with Gasteiger partial charge in [-0.2, -0.15) is 0 Å². The van der Waals surface area contributed by atoms with E-state index < -0.39 is 17.5 Å². The zero-order chi connectivity index (χ0) is 19.4. The molecule has 0 saturated carbocycles. The maximum absolute atomic E-state index is 13.3. The topological polar surface area (TPSA) is 61.4 Å². The van der Waals surface area contributed by atoms with E-state index in [0.29, 0.717) is 30.4 Å². The first-order valence-corrected chi connectivity index (χ1v) is 8.89. The number of anilines is 1. The van der Waals surface area contributed by atoms with Crippen molar-refractivity contribution in [2.45, 2.75) is 6.42 Å². The van der Waals surface area contributed by atoms with E-state index in [0.717, 1.165) is 31.6 Å². The molecule has 0 aliphatic carbocycles. The second-order valence-electron chi connectivity index (χ2n) is 6.20. The monoisotopic (exact) mass is 393 g/mol. The lowest BCUT2D eigenvalue weighted by Gasteiger charge is -2.20. The van der Waals surface area contributed by atoms with E-state index in [9.17, 15) is 18.4 Å². The van der Waals surface area contributed by atoms with Crippen molar-refractivity contribution >= 4 is 29.1 Å². The van der Waals surface area contributed by atoms with Gasteiger partial charge in [-0.05, 0) is 43.3 Å². The van der Waals surface area contributed by atoms with Crippen LogP contribution in [0.4, 0.5) is 14.5 Å². The van der Waals surface area contributed by atoms with Crippen LogP contribution in [0.5, 0.6) is 0 Å². The molecular formula is C19H18ClF2N3O2. The summed E-state index contributed by atoms with van der Waals surface area (Å²) in [5, 5.41) is 5.94. The molecule has 0 aromatic heterocycles. The molecule has 1 saturated heterocycles. The molecule has 3 rings (SSSR count). The average Bonchev–Trinajstić information content (AvgIpc) is 2.90. The Morgan fingerprint density at radius 3 is 2.48 bits per heavy atom. The van der Waals surface area contributed by atoms with Crippen molar-refractivity contribution in [3.63, 3.8) is 0 Å². The van der Waals surface area contributed by atoms with Gasteiger partial charge < -0.3 is 15.5 Å². The molecule has 0 radical (unpaired) electrons. The molecule has 142 valence electrons. The minimum Gasteiger partial charge on any atom is -0.337 e. The Balaban J connectivity index is 1.74. The first kappa shape index (κ1) is 19.3. The van der Waals surface area contributed by atoms with Crippen LogP contribution in [0.3, 0.4) is 0 Å². The Morgan fingerprint density at radius 1 is 1.04 bits per heavy atom. The van der Waals surface area contributed by atoms with Crippen LogP contribution in [0, 0.1) is 11.6 Å². The molecule has 2 aromatic rings. The molecule has 2 aromatic carbocycles. The highest BCUT2D eigenvalue weighted by molar-refractivity contribution is 6.34. The number of benzene rings is 2. The number of halogens is 3. The summed E-state index contributed by atoms with van der Waals surface area (Å²) in [5.41, 5.74) is 0.512. The zero-order valence-electron chi connectivity index (χ0n) is 14.4. The van der Waals surface area contributed by atoms with Crippen LogP contribution >= 0.6 is 11.6 Å². The van der Waals surface area contributed by atoms with Crippen LogP contribution in [-0.4, -0.2) is 42.9 Å². The third kappa shape index (κ3) is 4.81. The van der Waals surface area contributed by atoms with E-state index in [2.05, 4.69) is 10.6 Å². The van der Waals surface area contributed by atoms with Crippen LogP contribution in [0.1, 0.15) is 27.1 Å². The second kappa shape index (κ2) is 8.45. The molecule has 2 amide bonds. The Morgan fingerprint density at radius 2 is 1.78 bits per heavy atom. The van der Waals surface area contributed by atoms with Gasteiger partial charge >= 0.3 is 0 Å². The van der Waals surface area contributed by atoms with Crippen molar-refractivity contribution in [3.05, 3.63) is 64.2 Å². The van der Waals surface area contributed by atoms with Crippen molar-refractivity contribution < 1.29 is 18.4 Å². The number of hydrogen-bond acceptors (Lipinski definition) is 3. The van der Waals surface area contributed by atoms with Gasteiger partial charge in [-0.1, -0.05) is 11.6 Å². The largest absolute Gasteiger partial charge is 0.337 e. The molecule has 0 bridgehead atoms. The molecule has 1 heterocycles. The van der Waals surface area contributed by atoms with Crippen molar-refractivity contribution in [1.29, 1.82) is 0 Å². The quantitative estimate of drug-likeness (QED) is 0.841. The fourth-order valence-electron chi connectivity index (χ4n) is 2.87. The van der Waals surface area contributed by atoms with Crippen molar-refractivity contribution in [1.82, 2.24) is 10.2 Å². The zero-order valence-corrected chi connectivity index (χ0v) is 15.2. The minimum absolute atomic E-state index is 0.152. The fourth-order valence-corrected chi connectivity index (χ4v) is 3.14. The Bertz CT molecular complexity index is 848. The van der Waals surface area contributed by atoms with Gasteiger partial charge in [-0.25, -0.2) is 8.78 Å². The second-order valence-corrected chi connectivity index (χ2v) is 6.61. The molecule has 5 nitrogen and oxygen atoms in total. The Kier molecular flexibility index (Phi) is 6.03. The molecule has 27 heavy (non-hydrogen) atoms. The molecular weight excluding hydrogens is 376 g/mol. The maximum Gasteiger partial charge on any atom is 0.255 e. The molecule has 0 spiro atoms. The summed E-state index contributed by atoms with van der Waals surface area (Å²) < 4.78 is 26.5. The Hall–Kier alpha value is -2.51. The SMILES string of the molecule is O=C(Nc1ccc(C(=O)N2CCCNCC2)c(Cl)c1)c1cc(F)cc(F)c1. The van der Waals surface area contributed by atoms with Gasteiger partial charge in [0.05, 0.1) is 10.6 Å². The summed E-state index contributed by atoms with van der Waals surface area (Å²) in [7, 11) is 0. The van der Waals surface area contributed by atoms with Gasteiger partial charge in [-0.3, -0.25) is 9.59 Å². The summed E-state index contributed by atoms with van der Waals surface area (Å²) in [6.07, 6.45) is 0.863. The molecule has 2 N–H and O–H groups in total. The molecule has 1 aliphatic rings. The van der Waals surface area contributed by atoms with Gasteiger partial charge in [-0.15, -0.1) is 0 Å². The summed E-state index contributed by atoms with van der Waals surface area (Å²) in [4.78, 5) is 26.5. The number of nitrogens with one attached hydrogen (secondary N) is 2. The lowest BCUT2D eigenvalue weighted by molar-refractivity contribution is 0.0766. The van der Waals surface area contributed by atoms with E-state index in [1.165, 1.54) is 18.2 Å². The molecule has 1 fully saturated rings. The number of carbonyl (C=O) groups excluding carboxylic acids is 2. The van der Waals surface area contributed by atoms with Crippen LogP contribution in [0.15, 0.2) is 36.4 Å². The van der Waals surface area contributed by atoms with Gasteiger partial charge in [0, 0.05) is 37.0 Å². The molecule has 0 atom stereocenters. The first-order valence-electron chi connectivity index (χ1n) is 8.51. The maximum atomic E-state index is 13.3. The predicted octanol–water partition coefficient (Wildman–Crippen LogP) is 3.31. The van der Waals surface area contributed by atoms with Crippen LogP contribution in [-0.2, 0) is 0 Å². The van der Waals surface area contributed by atoms with Gasteiger partial charge in [0.25, 0.3) is 11.8 Å². The average molecular weight is 394 g/mol. The third-order valence-electron chi connectivity index (χ3n) is 4.21. The van der Waals surface area contributed by atoms with Gasteiger partial charge in [0.15, 0.2) is 0 Å². The first-order chi connectivity index (χ1) is 12.9. The number of nitrogens with zero attached hydrogens (tertiary/aromatic N) is 1. The Labute approximate surface area is 160 Å². The van der Waals surface area contributed by atoms with E-state index in [4.69, 9.17) is 11.6 Å². The number of hydrogen-bond donors (Lipinski definition) is 2. The van der Waals surface area contributed by atoms with Crippen molar-refractivity contribution in [2.75, 3.05) is 31.5 Å². The summed E-state index contributed by atoms with van der Waals surface area (Å²) in [6, 6.07) is 7.06. The van der Waals surface area contributed by atoms with E-state index in [1.54, 1.807) is 4.90 Å². The highest BCUT2D eigenvalue weighted by atomic mass is 35.5.